The quantitative estimate of drug-likeness (QED) is 0.169. The van der Waals surface area contributed by atoms with Gasteiger partial charge in [-0.2, -0.15) is 0 Å². The summed E-state index contributed by atoms with van der Waals surface area (Å²) in [5.74, 6) is -2.37. The first kappa shape index (κ1) is 31.7. The number of carbonyl (C=O) groups excluding carboxylic acids is 3. The monoisotopic (exact) mass is 575 g/mol. The second kappa shape index (κ2) is 13.8. The van der Waals surface area contributed by atoms with Gasteiger partial charge in [-0.15, -0.1) is 13.2 Å². The first-order valence-corrected chi connectivity index (χ1v) is 15.3. The zero-order valence-corrected chi connectivity index (χ0v) is 24.9. The fourth-order valence-electron chi connectivity index (χ4n) is 7.40. The third-order valence-electron chi connectivity index (χ3n) is 9.63. The molecule has 4 aliphatic rings. The van der Waals surface area contributed by atoms with Gasteiger partial charge in [0.15, 0.2) is 0 Å². The van der Waals surface area contributed by atoms with E-state index in [0.717, 1.165) is 25.9 Å². The summed E-state index contributed by atoms with van der Waals surface area (Å²) in [6.45, 7) is 16.8. The van der Waals surface area contributed by atoms with Gasteiger partial charge in [0.2, 0.25) is 11.8 Å². The molecule has 0 radical (unpaired) electrons. The van der Waals surface area contributed by atoms with Crippen molar-refractivity contribution in [2.24, 2.45) is 17.8 Å². The number of ether oxygens (including phenoxy) is 3. The van der Waals surface area contributed by atoms with Crippen molar-refractivity contribution in [1.29, 1.82) is 0 Å². The van der Waals surface area contributed by atoms with Crippen LogP contribution >= 0.6 is 0 Å². The smallest absolute Gasteiger partial charge is 0.312 e. The maximum Gasteiger partial charge on any atom is 0.312 e. The molecule has 41 heavy (non-hydrogen) atoms. The average molecular weight is 576 g/mol. The van der Waals surface area contributed by atoms with Crippen LogP contribution in [0.2, 0.25) is 0 Å². The molecule has 4 heterocycles. The highest BCUT2D eigenvalue weighted by atomic mass is 16.6. The second-order valence-electron chi connectivity index (χ2n) is 12.1. The number of fused-ring (bicyclic) bond motifs is 1. The number of aliphatic hydroxyl groups excluding tert-OH is 1. The zero-order chi connectivity index (χ0) is 29.6. The summed E-state index contributed by atoms with van der Waals surface area (Å²) in [5, 5.41) is 9.18. The SMILES string of the molecule is C=CCCOC(=O)[C@H]1[C@H]2C(=O)N(CCCCCCO)C(C(=O)N(CC=C)CCN3CCOCC3)C23CC(C)[C@]1(C)O3. The molecule has 2 amide bonds. The molecule has 0 aromatic rings. The van der Waals surface area contributed by atoms with E-state index in [2.05, 4.69) is 18.1 Å². The molecular formula is C31H49N3O7. The van der Waals surface area contributed by atoms with Crippen LogP contribution in [0.4, 0.5) is 0 Å². The van der Waals surface area contributed by atoms with E-state index in [-0.39, 0.29) is 30.9 Å². The molecule has 1 spiro atoms. The minimum absolute atomic E-state index is 0.0375. The molecule has 230 valence electrons. The number of hydrogen-bond donors (Lipinski definition) is 1. The van der Waals surface area contributed by atoms with Crippen LogP contribution in [0.3, 0.4) is 0 Å². The molecule has 0 aliphatic carbocycles. The van der Waals surface area contributed by atoms with E-state index in [1.54, 1.807) is 22.0 Å². The van der Waals surface area contributed by atoms with Crippen LogP contribution in [0.15, 0.2) is 25.3 Å². The number of aliphatic hydroxyl groups is 1. The highest BCUT2D eigenvalue weighted by Gasteiger charge is 2.80. The van der Waals surface area contributed by atoms with Crippen molar-refractivity contribution < 1.29 is 33.7 Å². The van der Waals surface area contributed by atoms with Crippen molar-refractivity contribution in [3.8, 4) is 0 Å². The van der Waals surface area contributed by atoms with Gasteiger partial charge in [0.05, 0.1) is 31.3 Å². The lowest BCUT2D eigenvalue weighted by atomic mass is 9.62. The van der Waals surface area contributed by atoms with Crippen molar-refractivity contribution >= 4 is 17.8 Å². The van der Waals surface area contributed by atoms with Crippen LogP contribution in [0, 0.1) is 17.8 Å². The van der Waals surface area contributed by atoms with Crippen molar-refractivity contribution in [3.63, 3.8) is 0 Å². The van der Waals surface area contributed by atoms with Gasteiger partial charge < -0.3 is 29.1 Å². The molecule has 4 aliphatic heterocycles. The number of carbonyl (C=O) groups is 3. The Labute approximate surface area is 244 Å². The van der Waals surface area contributed by atoms with Crippen LogP contribution in [0.1, 0.15) is 52.4 Å². The molecule has 0 aromatic heterocycles. The highest BCUT2D eigenvalue weighted by molar-refractivity contribution is 5.98. The van der Waals surface area contributed by atoms with Crippen LogP contribution < -0.4 is 0 Å². The average Bonchev–Trinajstić information content (AvgIpc) is 3.47. The molecule has 0 aromatic carbocycles. The van der Waals surface area contributed by atoms with E-state index < -0.39 is 35.0 Å². The highest BCUT2D eigenvalue weighted by Crippen LogP contribution is 2.65. The Morgan fingerprint density at radius 3 is 2.56 bits per heavy atom. The number of unbranched alkanes of at least 4 members (excludes halogenated alkanes) is 3. The van der Waals surface area contributed by atoms with Crippen LogP contribution in [0.25, 0.3) is 0 Å². The summed E-state index contributed by atoms with van der Waals surface area (Å²) in [5.41, 5.74) is -1.98. The Balaban J connectivity index is 1.63. The summed E-state index contributed by atoms with van der Waals surface area (Å²) in [6, 6.07) is -0.822. The van der Waals surface area contributed by atoms with E-state index >= 15 is 0 Å². The third-order valence-corrected chi connectivity index (χ3v) is 9.63. The normalized spacial score (nSPS) is 32.7. The van der Waals surface area contributed by atoms with Gasteiger partial charge in [-0.1, -0.05) is 31.9 Å². The van der Waals surface area contributed by atoms with Crippen LogP contribution in [0.5, 0.6) is 0 Å². The van der Waals surface area contributed by atoms with Gasteiger partial charge in [-0.3, -0.25) is 19.3 Å². The fraction of sp³-hybridized carbons (Fsp3) is 0.774. The number of nitrogens with zero attached hydrogens (tertiary/aromatic N) is 3. The summed E-state index contributed by atoms with van der Waals surface area (Å²) in [7, 11) is 0. The summed E-state index contributed by atoms with van der Waals surface area (Å²) in [4.78, 5) is 48.1. The Bertz CT molecular complexity index is 969. The molecule has 6 atom stereocenters. The van der Waals surface area contributed by atoms with E-state index in [4.69, 9.17) is 14.2 Å². The van der Waals surface area contributed by atoms with Crippen molar-refractivity contribution in [2.75, 3.05) is 65.7 Å². The van der Waals surface area contributed by atoms with E-state index in [9.17, 15) is 19.5 Å². The fourth-order valence-corrected chi connectivity index (χ4v) is 7.40. The lowest BCUT2D eigenvalue weighted by molar-refractivity contribution is -0.162. The summed E-state index contributed by atoms with van der Waals surface area (Å²) >= 11 is 0. The number of amides is 2. The molecule has 4 fully saturated rings. The minimum atomic E-state index is -1.09. The zero-order valence-electron chi connectivity index (χ0n) is 24.9. The second-order valence-corrected chi connectivity index (χ2v) is 12.1. The van der Waals surface area contributed by atoms with Crippen molar-refractivity contribution in [2.45, 2.75) is 69.6 Å². The van der Waals surface area contributed by atoms with Gasteiger partial charge in [0.1, 0.15) is 17.6 Å². The Hall–Kier alpha value is -2.27. The molecular weight excluding hydrogens is 526 g/mol. The molecule has 4 saturated heterocycles. The van der Waals surface area contributed by atoms with E-state index in [1.807, 2.05) is 13.8 Å². The van der Waals surface area contributed by atoms with E-state index in [1.165, 1.54) is 0 Å². The summed E-state index contributed by atoms with van der Waals surface area (Å²) < 4.78 is 17.9. The van der Waals surface area contributed by atoms with Gasteiger partial charge in [0.25, 0.3) is 0 Å². The van der Waals surface area contributed by atoms with Gasteiger partial charge in [-0.05, 0) is 38.5 Å². The van der Waals surface area contributed by atoms with Crippen LogP contribution in [-0.4, -0.2) is 121 Å². The lowest BCUT2D eigenvalue weighted by Crippen LogP contribution is -2.57. The van der Waals surface area contributed by atoms with Gasteiger partial charge in [-0.25, -0.2) is 0 Å². The van der Waals surface area contributed by atoms with Crippen LogP contribution in [-0.2, 0) is 28.6 Å². The van der Waals surface area contributed by atoms with Gasteiger partial charge in [0, 0.05) is 45.9 Å². The molecule has 10 nitrogen and oxygen atoms in total. The molecule has 3 unspecified atom stereocenters. The first-order chi connectivity index (χ1) is 19.7. The number of hydrogen-bond acceptors (Lipinski definition) is 8. The molecule has 0 saturated carbocycles. The third kappa shape index (κ3) is 6.12. The summed E-state index contributed by atoms with van der Waals surface area (Å²) in [6.07, 6.45) is 7.55. The molecule has 10 heteroatoms. The predicted molar refractivity (Wildman–Crippen MR) is 154 cm³/mol. The standard InChI is InChI=1S/C31H49N3O7/c1-5-7-19-40-29(38)25-24-27(36)34(13-10-8-9-11-18-35)26(31(24)22-23(3)30(25,4)41-31)28(37)33(12-6-2)15-14-32-16-20-39-21-17-32/h5-6,23-26,35H,1-2,7-22H2,3-4H3/t23?,24-,25+,26?,30-,31?/m0/s1. The van der Waals surface area contributed by atoms with Crippen molar-refractivity contribution in [1.82, 2.24) is 14.7 Å². The largest absolute Gasteiger partial charge is 0.465 e. The Kier molecular flexibility index (Phi) is 10.7. The Morgan fingerprint density at radius 2 is 1.88 bits per heavy atom. The molecule has 1 N–H and O–H groups in total. The lowest BCUT2D eigenvalue weighted by Gasteiger charge is -2.38. The number of morpholine rings is 1. The Morgan fingerprint density at radius 1 is 1.15 bits per heavy atom. The van der Waals surface area contributed by atoms with Gasteiger partial charge >= 0.3 is 5.97 Å². The minimum Gasteiger partial charge on any atom is -0.465 e. The molecule has 4 rings (SSSR count). The maximum absolute atomic E-state index is 14.5. The van der Waals surface area contributed by atoms with Crippen molar-refractivity contribution in [3.05, 3.63) is 25.3 Å². The first-order valence-electron chi connectivity index (χ1n) is 15.3. The number of esters is 1. The predicted octanol–water partition coefficient (Wildman–Crippen LogP) is 2.02. The maximum atomic E-state index is 14.5. The topological polar surface area (TPSA) is 109 Å². The number of rotatable bonds is 16. The van der Waals surface area contributed by atoms with E-state index in [0.29, 0.717) is 65.1 Å². The molecule has 2 bridgehead atoms. The number of likely N-dealkylation sites (tertiary alicyclic amines) is 1.